The lowest BCUT2D eigenvalue weighted by atomic mass is 10.1. The van der Waals surface area contributed by atoms with Crippen molar-refractivity contribution in [2.24, 2.45) is 0 Å². The van der Waals surface area contributed by atoms with Gasteiger partial charge >= 0.3 is 0 Å². The van der Waals surface area contributed by atoms with E-state index in [4.69, 9.17) is 46.4 Å². The summed E-state index contributed by atoms with van der Waals surface area (Å²) in [4.78, 5) is 27.0. The van der Waals surface area contributed by atoms with Crippen molar-refractivity contribution in [2.75, 3.05) is 12.8 Å². The van der Waals surface area contributed by atoms with Gasteiger partial charge in [-0.1, -0.05) is 65.5 Å². The van der Waals surface area contributed by atoms with Gasteiger partial charge in [-0.25, -0.2) is 0 Å². The summed E-state index contributed by atoms with van der Waals surface area (Å²) in [5.74, 6) is 0.399. The Hall–Kier alpha value is -1.11. The number of hydrogen-bond donors (Lipinski definition) is 1. The Morgan fingerprint density at radius 1 is 1.03 bits per heavy atom. The van der Waals surface area contributed by atoms with Gasteiger partial charge < -0.3 is 10.2 Å². The fraction of sp³-hybridized carbons (Fsp3) is 0.333. The summed E-state index contributed by atoms with van der Waals surface area (Å²) >= 11 is 25.7. The van der Waals surface area contributed by atoms with Crippen LogP contribution in [0.4, 0.5) is 0 Å². The van der Waals surface area contributed by atoms with Gasteiger partial charge in [-0.05, 0) is 41.8 Å². The quantitative estimate of drug-likeness (QED) is 0.447. The summed E-state index contributed by atoms with van der Waals surface area (Å²) in [7, 11) is 1.56. The number of carbonyl (C=O) groups excluding carboxylic acids is 2. The average Bonchev–Trinajstić information content (AvgIpc) is 2.71. The number of benzene rings is 2. The molecule has 2 rings (SSSR count). The zero-order valence-corrected chi connectivity index (χ0v) is 20.4. The van der Waals surface area contributed by atoms with Crippen LogP contribution < -0.4 is 5.32 Å². The van der Waals surface area contributed by atoms with Crippen LogP contribution in [0.1, 0.15) is 24.5 Å². The monoisotopic (exact) mass is 506 g/mol. The molecule has 2 amide bonds. The van der Waals surface area contributed by atoms with Crippen molar-refractivity contribution in [1.82, 2.24) is 10.2 Å². The number of halogens is 4. The Labute approximate surface area is 201 Å². The molecule has 0 radical (unpaired) electrons. The van der Waals surface area contributed by atoms with E-state index in [1.54, 1.807) is 42.3 Å². The number of hydrogen-bond acceptors (Lipinski definition) is 3. The molecule has 0 bridgehead atoms. The van der Waals surface area contributed by atoms with E-state index in [1.165, 1.54) is 11.8 Å². The van der Waals surface area contributed by atoms with Gasteiger partial charge in [0, 0.05) is 29.4 Å². The van der Waals surface area contributed by atoms with E-state index in [0.717, 1.165) is 11.1 Å². The minimum atomic E-state index is -0.586. The number of nitrogens with zero attached hydrogens (tertiary/aromatic N) is 1. The van der Waals surface area contributed by atoms with Crippen LogP contribution >= 0.6 is 58.2 Å². The van der Waals surface area contributed by atoms with E-state index in [0.29, 0.717) is 32.3 Å². The van der Waals surface area contributed by atoms with Crippen molar-refractivity contribution < 1.29 is 9.59 Å². The summed E-state index contributed by atoms with van der Waals surface area (Å²) in [6, 6.07) is 9.88. The van der Waals surface area contributed by atoms with Gasteiger partial charge in [0.1, 0.15) is 6.04 Å². The predicted molar refractivity (Wildman–Crippen MR) is 128 cm³/mol. The molecule has 0 aliphatic heterocycles. The number of thioether (sulfide) groups is 1. The minimum Gasteiger partial charge on any atom is -0.357 e. The van der Waals surface area contributed by atoms with Crippen molar-refractivity contribution in [1.29, 1.82) is 0 Å². The van der Waals surface area contributed by atoms with E-state index in [-0.39, 0.29) is 24.1 Å². The maximum Gasteiger partial charge on any atom is 0.242 e. The van der Waals surface area contributed by atoms with Gasteiger partial charge in [0.2, 0.25) is 11.8 Å². The van der Waals surface area contributed by atoms with Crippen LogP contribution in [0.15, 0.2) is 36.4 Å². The molecule has 2 aromatic carbocycles. The predicted octanol–water partition coefficient (Wildman–Crippen LogP) is 6.09. The van der Waals surface area contributed by atoms with Crippen LogP contribution in [0.5, 0.6) is 0 Å². The minimum absolute atomic E-state index is 0.147. The molecule has 0 saturated heterocycles. The van der Waals surface area contributed by atoms with Crippen molar-refractivity contribution in [2.45, 2.75) is 31.7 Å². The maximum absolute atomic E-state index is 13.1. The molecule has 0 heterocycles. The summed E-state index contributed by atoms with van der Waals surface area (Å²) in [5, 5.41) is 4.60. The Kier molecular flexibility index (Phi) is 10.1. The van der Waals surface area contributed by atoms with Crippen molar-refractivity contribution in [3.63, 3.8) is 0 Å². The highest BCUT2D eigenvalue weighted by Crippen LogP contribution is 2.26. The molecule has 0 aliphatic carbocycles. The molecule has 0 spiro atoms. The third-order valence-electron chi connectivity index (χ3n) is 4.47. The second-order valence-corrected chi connectivity index (χ2v) is 9.18. The molecule has 2 aromatic rings. The molecule has 0 fully saturated rings. The molecule has 9 heteroatoms. The first-order valence-corrected chi connectivity index (χ1v) is 11.9. The largest absolute Gasteiger partial charge is 0.357 e. The summed E-state index contributed by atoms with van der Waals surface area (Å²) < 4.78 is 0. The Balaban J connectivity index is 2.14. The van der Waals surface area contributed by atoms with Gasteiger partial charge in [-0.2, -0.15) is 0 Å². The molecule has 0 aromatic heterocycles. The second kappa shape index (κ2) is 12.1. The molecule has 1 atom stereocenters. The molecule has 4 nitrogen and oxygen atoms in total. The van der Waals surface area contributed by atoms with Gasteiger partial charge in [0.15, 0.2) is 0 Å². The molecule has 0 aliphatic rings. The zero-order valence-electron chi connectivity index (χ0n) is 16.6. The van der Waals surface area contributed by atoms with Gasteiger partial charge in [0.05, 0.1) is 15.8 Å². The maximum atomic E-state index is 13.1. The smallest absolute Gasteiger partial charge is 0.242 e. The van der Waals surface area contributed by atoms with Crippen LogP contribution in [0.25, 0.3) is 0 Å². The zero-order chi connectivity index (χ0) is 22.3. The normalized spacial score (nSPS) is 11.8. The first kappa shape index (κ1) is 25.2. The van der Waals surface area contributed by atoms with Gasteiger partial charge in [-0.15, -0.1) is 11.8 Å². The fourth-order valence-corrected chi connectivity index (χ4v) is 4.68. The van der Waals surface area contributed by atoms with Crippen LogP contribution in [-0.2, 0) is 21.9 Å². The number of carbonyl (C=O) groups is 2. The van der Waals surface area contributed by atoms with Gasteiger partial charge in [-0.3, -0.25) is 9.59 Å². The molecular weight excluding hydrogens is 486 g/mol. The van der Waals surface area contributed by atoms with Crippen LogP contribution in [-0.4, -0.2) is 35.6 Å². The lowest BCUT2D eigenvalue weighted by Crippen LogP contribution is -2.48. The number of rotatable bonds is 9. The fourth-order valence-electron chi connectivity index (χ4n) is 2.89. The second-order valence-electron chi connectivity index (χ2n) is 6.54. The highest BCUT2D eigenvalue weighted by atomic mass is 35.5. The van der Waals surface area contributed by atoms with Gasteiger partial charge in [0.25, 0.3) is 0 Å². The lowest BCUT2D eigenvalue weighted by Gasteiger charge is -2.30. The number of nitrogens with one attached hydrogen (secondary N) is 1. The Morgan fingerprint density at radius 2 is 1.77 bits per heavy atom. The number of likely N-dealkylation sites (N-methyl/N-ethyl adjacent to an activating group) is 1. The highest BCUT2D eigenvalue weighted by molar-refractivity contribution is 7.99. The average molecular weight is 508 g/mol. The van der Waals surface area contributed by atoms with E-state index in [1.807, 2.05) is 13.0 Å². The summed E-state index contributed by atoms with van der Waals surface area (Å²) in [6.45, 7) is 2.12. The summed E-state index contributed by atoms with van der Waals surface area (Å²) in [6.07, 6.45) is 0.487. The topological polar surface area (TPSA) is 49.4 Å². The van der Waals surface area contributed by atoms with Crippen LogP contribution in [0.2, 0.25) is 20.1 Å². The highest BCUT2D eigenvalue weighted by Gasteiger charge is 2.28. The first-order chi connectivity index (χ1) is 14.3. The van der Waals surface area contributed by atoms with Crippen molar-refractivity contribution >= 4 is 70.0 Å². The number of amides is 2. The van der Waals surface area contributed by atoms with Crippen molar-refractivity contribution in [3.05, 3.63) is 67.6 Å². The standard InChI is InChI=1S/C21H22Cl4N2O2S/c1-3-19(21(29)26-2)27(10-13-4-7-16(23)18(25)8-13)20(28)12-30-11-14-5-6-15(22)9-17(14)24/h4-9,19H,3,10-12H2,1-2H3,(H,26,29)/t19-/m1/s1. The van der Waals surface area contributed by atoms with Crippen molar-refractivity contribution in [3.8, 4) is 0 Å². The van der Waals surface area contributed by atoms with E-state index in [9.17, 15) is 9.59 Å². The third kappa shape index (κ3) is 6.96. The SMILES string of the molecule is CC[C@H](C(=O)NC)N(Cc1ccc(Cl)c(Cl)c1)C(=O)CSCc1ccc(Cl)cc1Cl. The van der Waals surface area contributed by atoms with Crippen LogP contribution in [0, 0.1) is 0 Å². The first-order valence-electron chi connectivity index (χ1n) is 9.23. The molecule has 162 valence electrons. The molecule has 0 unspecified atom stereocenters. The summed E-state index contributed by atoms with van der Waals surface area (Å²) in [5.41, 5.74) is 1.69. The van der Waals surface area contributed by atoms with Crippen LogP contribution in [0.3, 0.4) is 0 Å². The Morgan fingerprint density at radius 3 is 2.37 bits per heavy atom. The Bertz CT molecular complexity index is 911. The molecule has 30 heavy (non-hydrogen) atoms. The van der Waals surface area contributed by atoms with E-state index < -0.39 is 6.04 Å². The molecule has 0 saturated carbocycles. The third-order valence-corrected chi connectivity index (χ3v) is 6.76. The molecule has 1 N–H and O–H groups in total. The van der Waals surface area contributed by atoms with E-state index >= 15 is 0 Å². The lowest BCUT2D eigenvalue weighted by molar-refractivity contribution is -0.139. The molecular formula is C21H22Cl4N2O2S. The van der Waals surface area contributed by atoms with E-state index in [2.05, 4.69) is 5.32 Å².